The zero-order valence-corrected chi connectivity index (χ0v) is 11.6. The highest BCUT2D eigenvalue weighted by atomic mass is 32.2. The van der Waals surface area contributed by atoms with E-state index in [1.807, 2.05) is 0 Å². The SMILES string of the molecule is Cc1c(F)cccc1S(=O)(=O)N1C[C@H]2CNC[C@H]2C1. The highest BCUT2D eigenvalue weighted by molar-refractivity contribution is 7.89. The van der Waals surface area contributed by atoms with Crippen LogP contribution in [0.2, 0.25) is 0 Å². The van der Waals surface area contributed by atoms with Gasteiger partial charge in [0.25, 0.3) is 0 Å². The van der Waals surface area contributed by atoms with Crippen molar-refractivity contribution in [1.82, 2.24) is 9.62 Å². The average Bonchev–Trinajstić information content (AvgIpc) is 2.92. The molecule has 0 saturated carbocycles. The molecule has 2 fully saturated rings. The lowest BCUT2D eigenvalue weighted by atomic mass is 10.0. The molecular weight excluding hydrogens is 267 g/mol. The molecule has 3 rings (SSSR count). The van der Waals surface area contributed by atoms with Crippen LogP contribution in [0, 0.1) is 24.6 Å². The summed E-state index contributed by atoms with van der Waals surface area (Å²) in [7, 11) is -3.57. The fraction of sp³-hybridized carbons (Fsp3) is 0.538. The molecular formula is C13H17FN2O2S. The summed E-state index contributed by atoms with van der Waals surface area (Å²) in [5, 5.41) is 3.28. The number of fused-ring (bicyclic) bond motifs is 1. The predicted molar refractivity (Wildman–Crippen MR) is 69.7 cm³/mol. The van der Waals surface area contributed by atoms with Gasteiger partial charge in [-0.15, -0.1) is 0 Å². The lowest BCUT2D eigenvalue weighted by molar-refractivity contribution is 0.447. The first-order valence-electron chi connectivity index (χ1n) is 6.46. The minimum Gasteiger partial charge on any atom is -0.316 e. The number of hydrogen-bond acceptors (Lipinski definition) is 3. The molecule has 1 aromatic carbocycles. The highest BCUT2D eigenvalue weighted by Gasteiger charge is 2.41. The van der Waals surface area contributed by atoms with Gasteiger partial charge in [0.05, 0.1) is 4.90 Å². The number of halogens is 1. The van der Waals surface area contributed by atoms with Crippen molar-refractivity contribution in [2.75, 3.05) is 26.2 Å². The molecule has 0 radical (unpaired) electrons. The van der Waals surface area contributed by atoms with Gasteiger partial charge in [-0.2, -0.15) is 4.31 Å². The Balaban J connectivity index is 1.93. The Kier molecular flexibility index (Phi) is 3.11. The van der Waals surface area contributed by atoms with Crippen molar-refractivity contribution in [3.8, 4) is 0 Å². The van der Waals surface area contributed by atoms with Crippen LogP contribution in [-0.4, -0.2) is 38.9 Å². The molecule has 0 aromatic heterocycles. The van der Waals surface area contributed by atoms with Gasteiger partial charge < -0.3 is 5.32 Å². The van der Waals surface area contributed by atoms with E-state index in [2.05, 4.69) is 5.32 Å². The van der Waals surface area contributed by atoms with E-state index in [4.69, 9.17) is 0 Å². The second-order valence-electron chi connectivity index (χ2n) is 5.36. The van der Waals surface area contributed by atoms with E-state index in [0.717, 1.165) is 13.1 Å². The summed E-state index contributed by atoms with van der Waals surface area (Å²) in [5.41, 5.74) is 0.206. The molecule has 104 valence electrons. The number of nitrogens with one attached hydrogen (secondary N) is 1. The maximum absolute atomic E-state index is 13.5. The molecule has 0 aliphatic carbocycles. The zero-order valence-electron chi connectivity index (χ0n) is 10.8. The molecule has 6 heteroatoms. The smallest absolute Gasteiger partial charge is 0.243 e. The number of nitrogens with zero attached hydrogens (tertiary/aromatic N) is 1. The van der Waals surface area contributed by atoms with E-state index in [-0.39, 0.29) is 10.5 Å². The Bertz CT molecular complexity index is 591. The monoisotopic (exact) mass is 284 g/mol. The highest BCUT2D eigenvalue weighted by Crippen LogP contribution is 2.31. The lowest BCUT2D eigenvalue weighted by Crippen LogP contribution is -2.32. The molecule has 2 atom stereocenters. The quantitative estimate of drug-likeness (QED) is 0.880. The summed E-state index contributed by atoms with van der Waals surface area (Å²) >= 11 is 0. The maximum Gasteiger partial charge on any atom is 0.243 e. The van der Waals surface area contributed by atoms with Crippen molar-refractivity contribution in [3.05, 3.63) is 29.6 Å². The van der Waals surface area contributed by atoms with E-state index in [1.165, 1.54) is 29.4 Å². The van der Waals surface area contributed by atoms with Crippen molar-refractivity contribution in [3.63, 3.8) is 0 Å². The zero-order chi connectivity index (χ0) is 13.6. The van der Waals surface area contributed by atoms with Gasteiger partial charge in [0.2, 0.25) is 10.0 Å². The van der Waals surface area contributed by atoms with Crippen LogP contribution in [-0.2, 0) is 10.0 Å². The standard InChI is InChI=1S/C13H17FN2O2S/c1-9-12(14)3-2-4-13(9)19(17,18)16-7-10-5-15-6-11(10)8-16/h2-4,10-11,15H,5-8H2,1H3/t10-,11+. The van der Waals surface area contributed by atoms with Crippen LogP contribution in [0.1, 0.15) is 5.56 Å². The van der Waals surface area contributed by atoms with Gasteiger partial charge in [-0.05, 0) is 44.0 Å². The Labute approximate surface area is 112 Å². The fourth-order valence-corrected chi connectivity index (χ4v) is 4.80. The van der Waals surface area contributed by atoms with Crippen LogP contribution < -0.4 is 5.32 Å². The number of benzene rings is 1. The van der Waals surface area contributed by atoms with Crippen molar-refractivity contribution in [1.29, 1.82) is 0 Å². The van der Waals surface area contributed by atoms with Crippen LogP contribution in [0.3, 0.4) is 0 Å². The van der Waals surface area contributed by atoms with Crippen LogP contribution in [0.15, 0.2) is 23.1 Å². The van der Waals surface area contributed by atoms with Gasteiger partial charge in [-0.25, -0.2) is 12.8 Å². The Hall–Kier alpha value is -0.980. The van der Waals surface area contributed by atoms with E-state index in [1.54, 1.807) is 0 Å². The third-order valence-corrected chi connectivity index (χ3v) is 6.17. The summed E-state index contributed by atoms with van der Waals surface area (Å²) < 4.78 is 40.2. The Morgan fingerprint density at radius 3 is 2.53 bits per heavy atom. The van der Waals surface area contributed by atoms with Gasteiger partial charge in [-0.1, -0.05) is 6.07 Å². The van der Waals surface area contributed by atoms with Gasteiger partial charge in [0, 0.05) is 18.7 Å². The molecule has 0 amide bonds. The van der Waals surface area contributed by atoms with Crippen LogP contribution >= 0.6 is 0 Å². The average molecular weight is 284 g/mol. The van der Waals surface area contributed by atoms with Gasteiger partial charge in [0.15, 0.2) is 0 Å². The second kappa shape index (κ2) is 4.54. The largest absolute Gasteiger partial charge is 0.316 e. The first-order chi connectivity index (χ1) is 9.00. The van der Waals surface area contributed by atoms with Crippen molar-refractivity contribution >= 4 is 10.0 Å². The summed E-state index contributed by atoms with van der Waals surface area (Å²) in [6, 6.07) is 4.23. The predicted octanol–water partition coefficient (Wildman–Crippen LogP) is 0.974. The second-order valence-corrected chi connectivity index (χ2v) is 7.27. The minimum atomic E-state index is -3.57. The molecule has 0 unspecified atom stereocenters. The topological polar surface area (TPSA) is 49.4 Å². The lowest BCUT2D eigenvalue weighted by Gasteiger charge is -2.19. The van der Waals surface area contributed by atoms with Gasteiger partial charge >= 0.3 is 0 Å². The first kappa shape index (κ1) is 13.0. The molecule has 2 saturated heterocycles. The van der Waals surface area contributed by atoms with Crippen LogP contribution in [0.4, 0.5) is 4.39 Å². The molecule has 19 heavy (non-hydrogen) atoms. The molecule has 2 heterocycles. The maximum atomic E-state index is 13.5. The Morgan fingerprint density at radius 1 is 1.26 bits per heavy atom. The Morgan fingerprint density at radius 2 is 1.89 bits per heavy atom. The van der Waals surface area contributed by atoms with Crippen molar-refractivity contribution in [2.45, 2.75) is 11.8 Å². The summed E-state index contributed by atoms with van der Waals surface area (Å²) in [6.45, 7) is 4.34. The normalized spacial score (nSPS) is 27.7. The van der Waals surface area contributed by atoms with Crippen LogP contribution in [0.5, 0.6) is 0 Å². The summed E-state index contributed by atoms with van der Waals surface area (Å²) in [4.78, 5) is 0.0976. The van der Waals surface area contributed by atoms with E-state index < -0.39 is 15.8 Å². The molecule has 2 aliphatic rings. The van der Waals surface area contributed by atoms with E-state index >= 15 is 0 Å². The number of rotatable bonds is 2. The van der Waals surface area contributed by atoms with E-state index in [0.29, 0.717) is 24.9 Å². The number of hydrogen-bond donors (Lipinski definition) is 1. The number of sulfonamides is 1. The van der Waals surface area contributed by atoms with Crippen LogP contribution in [0.25, 0.3) is 0 Å². The summed E-state index contributed by atoms with van der Waals surface area (Å²) in [6.07, 6.45) is 0. The molecule has 4 nitrogen and oxygen atoms in total. The fourth-order valence-electron chi connectivity index (χ4n) is 3.01. The van der Waals surface area contributed by atoms with E-state index in [9.17, 15) is 12.8 Å². The minimum absolute atomic E-state index is 0.0976. The summed E-state index contributed by atoms with van der Waals surface area (Å²) in [5.74, 6) is 0.314. The molecule has 2 aliphatic heterocycles. The van der Waals surface area contributed by atoms with Crippen molar-refractivity contribution < 1.29 is 12.8 Å². The first-order valence-corrected chi connectivity index (χ1v) is 7.90. The van der Waals surface area contributed by atoms with Crippen molar-refractivity contribution in [2.24, 2.45) is 11.8 Å². The third-order valence-electron chi connectivity index (χ3n) is 4.19. The van der Waals surface area contributed by atoms with Gasteiger partial charge in [-0.3, -0.25) is 0 Å². The van der Waals surface area contributed by atoms with Gasteiger partial charge in [0.1, 0.15) is 5.82 Å². The molecule has 1 aromatic rings. The third kappa shape index (κ3) is 2.07. The molecule has 0 bridgehead atoms. The molecule has 0 spiro atoms. The molecule has 1 N–H and O–H groups in total.